The maximum absolute atomic E-state index is 13.7. The largest absolute Gasteiger partial charge is 0.493 e. The second kappa shape index (κ2) is 8.43. The Morgan fingerprint density at radius 2 is 1.96 bits per heavy atom. The number of hydrogen-bond acceptors (Lipinski definition) is 4. The van der Waals surface area contributed by atoms with E-state index in [1.54, 1.807) is 12.1 Å². The smallest absolute Gasteiger partial charge is 0.341 e. The molecule has 2 aromatic rings. The number of aliphatic carboxylic acids is 1. The van der Waals surface area contributed by atoms with E-state index in [9.17, 15) is 14.0 Å². The topological polar surface area (TPSA) is 72.8 Å². The van der Waals surface area contributed by atoms with Crippen molar-refractivity contribution in [2.45, 2.75) is 0 Å². The molecular weight excluding hydrogens is 395 g/mol. The van der Waals surface area contributed by atoms with Gasteiger partial charge >= 0.3 is 5.97 Å². The van der Waals surface area contributed by atoms with Gasteiger partial charge in [-0.15, -0.1) is 0 Å². The molecule has 0 aromatic heterocycles. The Morgan fingerprint density at radius 3 is 2.64 bits per heavy atom. The molecule has 7 heteroatoms. The summed E-state index contributed by atoms with van der Waals surface area (Å²) in [6.07, 6.45) is 2.63. The molecule has 130 valence electrons. The highest BCUT2D eigenvalue weighted by atomic mass is 79.9. The molecule has 0 aliphatic rings. The Hall–Kier alpha value is -2.67. The number of carbonyl (C=O) groups excluding carboxylic acids is 1. The highest BCUT2D eigenvalue weighted by Gasteiger charge is 2.11. The highest BCUT2D eigenvalue weighted by Crippen LogP contribution is 2.28. The average Bonchev–Trinajstić information content (AvgIpc) is 2.60. The molecule has 0 spiro atoms. The van der Waals surface area contributed by atoms with Crippen LogP contribution in [-0.4, -0.2) is 30.6 Å². The Bertz CT molecular complexity index is 832. The fourth-order valence-electron chi connectivity index (χ4n) is 1.98. The van der Waals surface area contributed by atoms with E-state index in [0.29, 0.717) is 10.0 Å². The number of benzene rings is 2. The van der Waals surface area contributed by atoms with Gasteiger partial charge in [0.1, 0.15) is 5.82 Å². The van der Waals surface area contributed by atoms with Gasteiger partial charge in [-0.1, -0.05) is 15.9 Å². The van der Waals surface area contributed by atoms with Gasteiger partial charge < -0.3 is 14.6 Å². The summed E-state index contributed by atoms with van der Waals surface area (Å²) < 4.78 is 24.6. The van der Waals surface area contributed by atoms with Gasteiger partial charge in [0.15, 0.2) is 23.9 Å². The molecule has 0 radical (unpaired) electrons. The minimum atomic E-state index is -1.12. The predicted molar refractivity (Wildman–Crippen MR) is 93.6 cm³/mol. The van der Waals surface area contributed by atoms with Crippen LogP contribution in [0, 0.1) is 5.82 Å². The molecule has 0 unspecified atom stereocenters. The second-order valence-electron chi connectivity index (χ2n) is 4.91. The van der Waals surface area contributed by atoms with Gasteiger partial charge in [-0.25, -0.2) is 9.18 Å². The van der Waals surface area contributed by atoms with Gasteiger partial charge in [-0.3, -0.25) is 4.79 Å². The lowest BCUT2D eigenvalue weighted by atomic mass is 10.1. The van der Waals surface area contributed by atoms with Crippen LogP contribution in [0.15, 0.2) is 46.9 Å². The molecule has 0 aliphatic heterocycles. The number of carbonyl (C=O) groups is 2. The Morgan fingerprint density at radius 1 is 1.20 bits per heavy atom. The summed E-state index contributed by atoms with van der Waals surface area (Å²) in [5, 5.41) is 8.64. The van der Waals surface area contributed by atoms with Crippen LogP contribution in [0.5, 0.6) is 11.5 Å². The lowest BCUT2D eigenvalue weighted by Crippen LogP contribution is -2.10. The van der Waals surface area contributed by atoms with E-state index < -0.39 is 18.4 Å². The van der Waals surface area contributed by atoms with E-state index in [2.05, 4.69) is 15.9 Å². The van der Waals surface area contributed by atoms with Gasteiger partial charge in [0.2, 0.25) is 0 Å². The number of rotatable bonds is 7. The molecule has 1 N–H and O–H groups in total. The predicted octanol–water partition coefficient (Wildman–Crippen LogP) is 3.96. The summed E-state index contributed by atoms with van der Waals surface area (Å²) in [7, 11) is 1.38. The van der Waals surface area contributed by atoms with Gasteiger partial charge in [0.25, 0.3) is 0 Å². The Kier molecular flexibility index (Phi) is 6.30. The van der Waals surface area contributed by atoms with Crippen molar-refractivity contribution in [1.29, 1.82) is 0 Å². The van der Waals surface area contributed by atoms with Crippen molar-refractivity contribution in [3.05, 3.63) is 63.9 Å². The van der Waals surface area contributed by atoms with E-state index in [-0.39, 0.29) is 22.8 Å². The maximum atomic E-state index is 13.7. The Labute approximate surface area is 151 Å². The molecule has 2 aromatic carbocycles. The fourth-order valence-corrected chi connectivity index (χ4v) is 2.36. The van der Waals surface area contributed by atoms with E-state index in [0.717, 1.165) is 0 Å². The van der Waals surface area contributed by atoms with Gasteiger partial charge in [-0.2, -0.15) is 0 Å². The first-order chi connectivity index (χ1) is 11.9. The number of carboxylic acid groups (broad SMARTS) is 1. The zero-order chi connectivity index (χ0) is 18.4. The van der Waals surface area contributed by atoms with Gasteiger partial charge in [0.05, 0.1) is 7.11 Å². The molecule has 5 nitrogen and oxygen atoms in total. The van der Waals surface area contributed by atoms with Crippen LogP contribution in [0.4, 0.5) is 4.39 Å². The number of halogens is 2. The molecule has 2 rings (SSSR count). The third kappa shape index (κ3) is 5.15. The zero-order valence-electron chi connectivity index (χ0n) is 13.2. The normalized spacial score (nSPS) is 10.7. The van der Waals surface area contributed by atoms with Crippen LogP contribution in [0.1, 0.15) is 15.9 Å². The molecule has 0 fully saturated rings. The maximum Gasteiger partial charge on any atom is 0.341 e. The number of allylic oxidation sites excluding steroid dienone is 1. The molecule has 0 atom stereocenters. The van der Waals surface area contributed by atoms with Crippen LogP contribution in [0.25, 0.3) is 6.08 Å². The third-order valence-corrected chi connectivity index (χ3v) is 3.66. The average molecular weight is 409 g/mol. The van der Waals surface area contributed by atoms with E-state index in [4.69, 9.17) is 14.6 Å². The minimum Gasteiger partial charge on any atom is -0.493 e. The summed E-state index contributed by atoms with van der Waals surface area (Å²) in [4.78, 5) is 22.8. The Balaban J connectivity index is 2.20. The van der Waals surface area contributed by atoms with Crippen molar-refractivity contribution in [3.8, 4) is 11.5 Å². The summed E-state index contributed by atoms with van der Waals surface area (Å²) >= 11 is 3.24. The number of carboxylic acids is 1. The van der Waals surface area contributed by atoms with Gasteiger partial charge in [-0.05, 0) is 48.6 Å². The lowest BCUT2D eigenvalue weighted by Gasteiger charge is -2.10. The summed E-state index contributed by atoms with van der Waals surface area (Å²) in [6.45, 7) is -0.522. The molecular formula is C18H14BrFO5. The monoisotopic (exact) mass is 408 g/mol. The van der Waals surface area contributed by atoms with Crippen molar-refractivity contribution in [1.82, 2.24) is 0 Å². The molecule has 0 amide bonds. The first kappa shape index (κ1) is 18.7. The first-order valence-electron chi connectivity index (χ1n) is 7.11. The van der Waals surface area contributed by atoms with Crippen molar-refractivity contribution >= 4 is 33.8 Å². The SMILES string of the molecule is COc1cc(C(=O)/C=C/c2cc(Br)ccc2F)ccc1OCC(=O)O. The first-order valence-corrected chi connectivity index (χ1v) is 7.90. The van der Waals surface area contributed by atoms with E-state index in [1.807, 2.05) is 0 Å². The van der Waals surface area contributed by atoms with Crippen LogP contribution in [0.2, 0.25) is 0 Å². The molecule has 25 heavy (non-hydrogen) atoms. The molecule has 0 saturated heterocycles. The fraction of sp³-hybridized carbons (Fsp3) is 0.111. The molecule has 0 saturated carbocycles. The summed E-state index contributed by atoms with van der Waals surface area (Å²) in [5.74, 6) is -1.48. The van der Waals surface area contributed by atoms with E-state index in [1.165, 1.54) is 43.5 Å². The summed E-state index contributed by atoms with van der Waals surface area (Å²) in [6, 6.07) is 8.77. The molecule has 0 aliphatic carbocycles. The van der Waals surface area contributed by atoms with E-state index >= 15 is 0 Å². The third-order valence-electron chi connectivity index (χ3n) is 3.17. The number of ether oxygens (including phenoxy) is 2. The van der Waals surface area contributed by atoms with Gasteiger partial charge in [0, 0.05) is 15.6 Å². The zero-order valence-corrected chi connectivity index (χ0v) is 14.7. The standard InChI is InChI=1S/C18H14BrFO5/c1-24-17-9-12(3-7-16(17)25-10-18(22)23)15(21)6-2-11-8-13(19)4-5-14(11)20/h2-9H,10H2,1H3,(H,22,23)/b6-2+. The van der Waals surface area contributed by atoms with Crippen LogP contribution in [-0.2, 0) is 4.79 Å². The van der Waals surface area contributed by atoms with Crippen molar-refractivity contribution in [2.24, 2.45) is 0 Å². The second-order valence-corrected chi connectivity index (χ2v) is 5.83. The number of hydrogen-bond donors (Lipinski definition) is 1. The molecule has 0 heterocycles. The number of ketones is 1. The number of methoxy groups -OCH3 is 1. The van der Waals surface area contributed by atoms with Crippen LogP contribution in [0.3, 0.4) is 0 Å². The summed E-state index contributed by atoms with van der Waals surface area (Å²) in [5.41, 5.74) is 0.572. The van der Waals surface area contributed by atoms with Crippen LogP contribution >= 0.6 is 15.9 Å². The van der Waals surface area contributed by atoms with Crippen molar-refractivity contribution in [3.63, 3.8) is 0 Å². The van der Waals surface area contributed by atoms with Crippen molar-refractivity contribution < 1.29 is 28.6 Å². The highest BCUT2D eigenvalue weighted by molar-refractivity contribution is 9.10. The molecule has 0 bridgehead atoms. The quantitative estimate of drug-likeness (QED) is 0.554. The van der Waals surface area contributed by atoms with Crippen LogP contribution < -0.4 is 9.47 Å². The van der Waals surface area contributed by atoms with Crippen molar-refractivity contribution in [2.75, 3.05) is 13.7 Å². The lowest BCUT2D eigenvalue weighted by molar-refractivity contribution is -0.139. The minimum absolute atomic E-state index is 0.212.